The van der Waals surface area contributed by atoms with Gasteiger partial charge >= 0.3 is 0 Å². The molecule has 0 spiro atoms. The Hall–Kier alpha value is -0.680. The van der Waals surface area contributed by atoms with Gasteiger partial charge in [0.05, 0.1) is 0 Å². The van der Waals surface area contributed by atoms with Crippen molar-refractivity contribution < 1.29 is 9.66 Å². The SMILES string of the molecule is CCCCn1nc(C[S+]([O-])CCC)cc1O. The van der Waals surface area contributed by atoms with E-state index in [2.05, 4.69) is 12.0 Å². The fraction of sp³-hybridized carbons (Fsp3) is 0.727. The lowest BCUT2D eigenvalue weighted by molar-refractivity contribution is 0.393. The molecule has 0 fully saturated rings. The summed E-state index contributed by atoms with van der Waals surface area (Å²) in [6.07, 6.45) is 2.97. The number of aromatic nitrogens is 2. The van der Waals surface area contributed by atoms with Crippen molar-refractivity contribution in [3.05, 3.63) is 11.8 Å². The van der Waals surface area contributed by atoms with Gasteiger partial charge in [-0.15, -0.1) is 0 Å². The average molecular weight is 244 g/mol. The maximum absolute atomic E-state index is 11.5. The quantitative estimate of drug-likeness (QED) is 0.747. The first-order valence-corrected chi connectivity index (χ1v) is 7.26. The molecule has 1 aromatic rings. The molecule has 1 rings (SSSR count). The fourth-order valence-corrected chi connectivity index (χ4v) is 2.54. The normalized spacial score (nSPS) is 12.9. The molecule has 0 aliphatic heterocycles. The minimum Gasteiger partial charge on any atom is -0.616 e. The zero-order valence-corrected chi connectivity index (χ0v) is 10.8. The highest BCUT2D eigenvalue weighted by Crippen LogP contribution is 2.15. The van der Waals surface area contributed by atoms with Crippen molar-refractivity contribution in [1.29, 1.82) is 0 Å². The second-order valence-corrected chi connectivity index (χ2v) is 5.44. The number of aryl methyl sites for hydroxylation is 1. The number of hydrogen-bond acceptors (Lipinski definition) is 3. The summed E-state index contributed by atoms with van der Waals surface area (Å²) < 4.78 is 13.1. The Morgan fingerprint density at radius 2 is 2.19 bits per heavy atom. The van der Waals surface area contributed by atoms with E-state index in [4.69, 9.17) is 0 Å². The molecule has 4 nitrogen and oxygen atoms in total. The van der Waals surface area contributed by atoms with Crippen LogP contribution in [0.15, 0.2) is 6.07 Å². The van der Waals surface area contributed by atoms with Gasteiger partial charge in [0.15, 0.2) is 0 Å². The van der Waals surface area contributed by atoms with E-state index in [9.17, 15) is 9.66 Å². The van der Waals surface area contributed by atoms with E-state index in [0.717, 1.165) is 31.5 Å². The number of hydrogen-bond donors (Lipinski definition) is 1. The molecule has 0 bridgehead atoms. The average Bonchev–Trinajstić information content (AvgIpc) is 2.56. The van der Waals surface area contributed by atoms with Crippen LogP contribution in [0.1, 0.15) is 38.8 Å². The summed E-state index contributed by atoms with van der Waals surface area (Å²) in [7, 11) is 0. The van der Waals surface area contributed by atoms with Crippen molar-refractivity contribution in [2.24, 2.45) is 0 Å². The molecular weight excluding hydrogens is 224 g/mol. The lowest BCUT2D eigenvalue weighted by Crippen LogP contribution is -2.09. The summed E-state index contributed by atoms with van der Waals surface area (Å²) in [5, 5.41) is 13.8. The summed E-state index contributed by atoms with van der Waals surface area (Å²) in [5.74, 6) is 1.32. The van der Waals surface area contributed by atoms with E-state index in [1.54, 1.807) is 10.7 Å². The molecule has 1 aromatic heterocycles. The molecule has 0 amide bonds. The Balaban J connectivity index is 2.54. The maximum atomic E-state index is 11.5. The fourth-order valence-electron chi connectivity index (χ4n) is 1.47. The van der Waals surface area contributed by atoms with Crippen LogP contribution in [0.5, 0.6) is 5.88 Å². The van der Waals surface area contributed by atoms with Crippen molar-refractivity contribution in [3.63, 3.8) is 0 Å². The van der Waals surface area contributed by atoms with Gasteiger partial charge in [0.25, 0.3) is 0 Å². The zero-order chi connectivity index (χ0) is 12.0. The van der Waals surface area contributed by atoms with Crippen LogP contribution in [0, 0.1) is 0 Å². The van der Waals surface area contributed by atoms with Gasteiger partial charge in [0, 0.05) is 12.6 Å². The molecule has 1 heterocycles. The lowest BCUT2D eigenvalue weighted by Gasteiger charge is -2.07. The Bertz CT molecular complexity index is 315. The van der Waals surface area contributed by atoms with Gasteiger partial charge in [-0.2, -0.15) is 5.10 Å². The summed E-state index contributed by atoms with van der Waals surface area (Å²) in [6.45, 7) is 4.83. The summed E-state index contributed by atoms with van der Waals surface area (Å²) in [5.41, 5.74) is 0.723. The van der Waals surface area contributed by atoms with Crippen LogP contribution in [0.4, 0.5) is 0 Å². The smallest absolute Gasteiger partial charge is 0.209 e. The van der Waals surface area contributed by atoms with Gasteiger partial charge in [0.1, 0.15) is 17.2 Å². The largest absolute Gasteiger partial charge is 0.616 e. The number of rotatable bonds is 7. The standard InChI is InChI=1S/C11H20N2O2S/c1-3-5-6-13-11(14)8-10(12-13)9-16(15)7-4-2/h8,14H,3-7,9H2,1-2H3. The van der Waals surface area contributed by atoms with Gasteiger partial charge in [0.2, 0.25) is 5.88 Å². The van der Waals surface area contributed by atoms with E-state index < -0.39 is 11.2 Å². The van der Waals surface area contributed by atoms with Gasteiger partial charge in [-0.25, -0.2) is 4.68 Å². The minimum atomic E-state index is -0.859. The Kier molecular flexibility index (Phi) is 5.69. The highest BCUT2D eigenvalue weighted by atomic mass is 32.2. The van der Waals surface area contributed by atoms with Crippen LogP contribution in [0.25, 0.3) is 0 Å². The molecule has 1 atom stereocenters. The van der Waals surface area contributed by atoms with E-state index in [0.29, 0.717) is 11.5 Å². The Labute approximate surface area is 99.8 Å². The van der Waals surface area contributed by atoms with E-state index >= 15 is 0 Å². The van der Waals surface area contributed by atoms with Crippen molar-refractivity contribution in [2.75, 3.05) is 5.75 Å². The van der Waals surface area contributed by atoms with Crippen molar-refractivity contribution in [1.82, 2.24) is 9.78 Å². The minimum absolute atomic E-state index is 0.178. The van der Waals surface area contributed by atoms with Crippen LogP contribution in [-0.2, 0) is 23.5 Å². The molecule has 5 heteroatoms. The third kappa shape index (κ3) is 4.06. The topological polar surface area (TPSA) is 61.1 Å². The van der Waals surface area contributed by atoms with Gasteiger partial charge in [-0.3, -0.25) is 0 Å². The van der Waals surface area contributed by atoms with Crippen molar-refractivity contribution >= 4 is 11.2 Å². The van der Waals surface area contributed by atoms with Crippen LogP contribution in [0.2, 0.25) is 0 Å². The van der Waals surface area contributed by atoms with Gasteiger partial charge in [-0.05, 0) is 24.0 Å². The Morgan fingerprint density at radius 1 is 1.44 bits per heavy atom. The van der Waals surface area contributed by atoms with Crippen molar-refractivity contribution in [3.8, 4) is 5.88 Å². The number of nitrogens with zero attached hydrogens (tertiary/aromatic N) is 2. The molecule has 0 aromatic carbocycles. The number of unbranched alkanes of at least 4 members (excludes halogenated alkanes) is 1. The monoisotopic (exact) mass is 244 g/mol. The molecule has 0 aliphatic carbocycles. The maximum Gasteiger partial charge on any atom is 0.209 e. The molecule has 92 valence electrons. The third-order valence-electron chi connectivity index (χ3n) is 2.27. The molecule has 16 heavy (non-hydrogen) atoms. The van der Waals surface area contributed by atoms with Gasteiger partial charge < -0.3 is 9.66 Å². The van der Waals surface area contributed by atoms with Crippen LogP contribution < -0.4 is 0 Å². The number of aromatic hydroxyl groups is 1. The third-order valence-corrected chi connectivity index (χ3v) is 3.75. The highest BCUT2D eigenvalue weighted by molar-refractivity contribution is 7.90. The van der Waals surface area contributed by atoms with Crippen molar-refractivity contribution in [2.45, 2.75) is 45.4 Å². The first-order valence-electron chi connectivity index (χ1n) is 5.78. The van der Waals surface area contributed by atoms with E-state index in [1.165, 1.54) is 0 Å². The molecule has 0 saturated heterocycles. The molecule has 1 N–H and O–H groups in total. The second-order valence-electron chi connectivity index (χ2n) is 3.86. The van der Waals surface area contributed by atoms with Crippen LogP contribution in [-0.4, -0.2) is 25.2 Å². The zero-order valence-electron chi connectivity index (χ0n) is 9.98. The first kappa shape index (κ1) is 13.4. The van der Waals surface area contributed by atoms with Crippen LogP contribution in [0.3, 0.4) is 0 Å². The highest BCUT2D eigenvalue weighted by Gasteiger charge is 2.12. The van der Waals surface area contributed by atoms with E-state index in [-0.39, 0.29) is 5.88 Å². The first-order chi connectivity index (χ1) is 7.67. The predicted octanol–water partition coefficient (Wildman–Crippen LogP) is 2.05. The lowest BCUT2D eigenvalue weighted by atomic mass is 10.3. The molecule has 0 radical (unpaired) electrons. The van der Waals surface area contributed by atoms with Gasteiger partial charge in [-0.1, -0.05) is 20.3 Å². The molecular formula is C11H20N2O2S. The molecule has 0 aliphatic rings. The summed E-state index contributed by atoms with van der Waals surface area (Å²) in [6, 6.07) is 1.61. The second kappa shape index (κ2) is 6.81. The molecule has 1 unspecified atom stereocenters. The molecule has 0 saturated carbocycles. The summed E-state index contributed by atoms with van der Waals surface area (Å²) >= 11 is -0.859. The predicted molar refractivity (Wildman–Crippen MR) is 65.8 cm³/mol. The summed E-state index contributed by atoms with van der Waals surface area (Å²) in [4.78, 5) is 0. The Morgan fingerprint density at radius 3 is 2.81 bits per heavy atom. The van der Waals surface area contributed by atoms with Crippen LogP contribution >= 0.6 is 0 Å². The van der Waals surface area contributed by atoms with E-state index in [1.807, 2.05) is 6.92 Å².